The summed E-state index contributed by atoms with van der Waals surface area (Å²) in [6.45, 7) is 12.1. The minimum atomic E-state index is -0.905. The van der Waals surface area contributed by atoms with Crippen LogP contribution in [0, 0.1) is 5.41 Å². The number of amides is 1. The van der Waals surface area contributed by atoms with E-state index in [-0.39, 0.29) is 24.3 Å². The Morgan fingerprint density at radius 1 is 1.00 bits per heavy atom. The number of carbonyl (C=O) groups excluding carboxylic acids is 1. The summed E-state index contributed by atoms with van der Waals surface area (Å²) < 4.78 is 0. The van der Waals surface area contributed by atoms with E-state index in [1.807, 2.05) is 45.0 Å². The Bertz CT molecular complexity index is 533. The Morgan fingerprint density at radius 3 is 1.86 bits per heavy atom. The standard InChI is InChI=1S/C18H27NO3/c1-17(2,3)13-7-9-14(10-8-13)19(12-11-15(20)21)16(22)18(4,5)6/h7-10H,11-12H2,1-6H3,(H,20,21). The lowest BCUT2D eigenvalue weighted by Gasteiger charge is -2.30. The van der Waals surface area contributed by atoms with Gasteiger partial charge in [0.2, 0.25) is 5.91 Å². The van der Waals surface area contributed by atoms with Crippen LogP contribution in [-0.2, 0) is 15.0 Å². The van der Waals surface area contributed by atoms with Crippen molar-refractivity contribution >= 4 is 17.6 Å². The van der Waals surface area contributed by atoms with E-state index in [1.165, 1.54) is 5.56 Å². The first-order valence-electron chi connectivity index (χ1n) is 7.57. The first kappa shape index (κ1) is 18.2. The normalized spacial score (nSPS) is 12.1. The fraction of sp³-hybridized carbons (Fsp3) is 0.556. The van der Waals surface area contributed by atoms with Gasteiger partial charge in [-0.05, 0) is 23.1 Å². The summed E-state index contributed by atoms with van der Waals surface area (Å²) in [5.74, 6) is -0.977. The maximum Gasteiger partial charge on any atom is 0.305 e. The Labute approximate surface area is 133 Å². The summed E-state index contributed by atoms with van der Waals surface area (Å²) in [5, 5.41) is 8.91. The van der Waals surface area contributed by atoms with Gasteiger partial charge in [0.1, 0.15) is 0 Å². The maximum atomic E-state index is 12.6. The molecule has 0 atom stereocenters. The van der Waals surface area contributed by atoms with Gasteiger partial charge in [0.15, 0.2) is 0 Å². The monoisotopic (exact) mass is 305 g/mol. The quantitative estimate of drug-likeness (QED) is 0.919. The van der Waals surface area contributed by atoms with Gasteiger partial charge in [0.25, 0.3) is 0 Å². The molecule has 1 aromatic rings. The van der Waals surface area contributed by atoms with Gasteiger partial charge < -0.3 is 10.0 Å². The van der Waals surface area contributed by atoms with E-state index in [9.17, 15) is 9.59 Å². The maximum absolute atomic E-state index is 12.6. The summed E-state index contributed by atoms with van der Waals surface area (Å²) >= 11 is 0. The highest BCUT2D eigenvalue weighted by molar-refractivity contribution is 5.97. The number of carboxylic acids is 1. The van der Waals surface area contributed by atoms with Crippen LogP contribution in [0.5, 0.6) is 0 Å². The summed E-state index contributed by atoms with van der Waals surface area (Å²) in [6, 6.07) is 7.79. The zero-order valence-electron chi connectivity index (χ0n) is 14.4. The van der Waals surface area contributed by atoms with E-state index >= 15 is 0 Å². The molecule has 1 aromatic carbocycles. The molecule has 22 heavy (non-hydrogen) atoms. The van der Waals surface area contributed by atoms with Crippen molar-refractivity contribution in [1.82, 2.24) is 0 Å². The molecule has 0 heterocycles. The van der Waals surface area contributed by atoms with Crippen LogP contribution >= 0.6 is 0 Å². The predicted octanol–water partition coefficient (Wildman–Crippen LogP) is 3.84. The van der Waals surface area contributed by atoms with Crippen molar-refractivity contribution < 1.29 is 14.7 Å². The molecule has 0 aliphatic heterocycles. The summed E-state index contributed by atoms with van der Waals surface area (Å²) in [4.78, 5) is 25.0. The fourth-order valence-electron chi connectivity index (χ4n) is 2.10. The van der Waals surface area contributed by atoms with Crippen LogP contribution in [0.1, 0.15) is 53.5 Å². The Kier molecular flexibility index (Phi) is 5.39. The number of hydrogen-bond acceptors (Lipinski definition) is 2. The van der Waals surface area contributed by atoms with Crippen molar-refractivity contribution in [3.8, 4) is 0 Å². The predicted molar refractivity (Wildman–Crippen MR) is 89.2 cm³/mol. The third-order valence-electron chi connectivity index (χ3n) is 3.48. The molecule has 0 aliphatic rings. The molecule has 0 radical (unpaired) electrons. The average Bonchev–Trinajstić information content (AvgIpc) is 2.36. The lowest BCUT2D eigenvalue weighted by atomic mass is 9.87. The lowest BCUT2D eigenvalue weighted by Crippen LogP contribution is -2.40. The van der Waals surface area contributed by atoms with E-state index in [0.717, 1.165) is 5.69 Å². The highest BCUT2D eigenvalue weighted by atomic mass is 16.4. The van der Waals surface area contributed by atoms with Crippen LogP contribution in [0.3, 0.4) is 0 Å². The molecule has 0 aliphatic carbocycles. The van der Waals surface area contributed by atoms with Crippen molar-refractivity contribution in [3.63, 3.8) is 0 Å². The van der Waals surface area contributed by atoms with Crippen molar-refractivity contribution in [2.45, 2.75) is 53.4 Å². The van der Waals surface area contributed by atoms with E-state index in [1.54, 1.807) is 4.90 Å². The highest BCUT2D eigenvalue weighted by Crippen LogP contribution is 2.27. The number of nitrogens with zero attached hydrogens (tertiary/aromatic N) is 1. The van der Waals surface area contributed by atoms with Gasteiger partial charge in [0.05, 0.1) is 6.42 Å². The Hall–Kier alpha value is -1.84. The van der Waals surface area contributed by atoms with Crippen LogP contribution < -0.4 is 4.90 Å². The molecule has 4 heteroatoms. The highest BCUT2D eigenvalue weighted by Gasteiger charge is 2.28. The fourth-order valence-corrected chi connectivity index (χ4v) is 2.10. The van der Waals surface area contributed by atoms with E-state index in [4.69, 9.17) is 5.11 Å². The third kappa shape index (κ3) is 4.86. The Morgan fingerprint density at radius 2 is 1.50 bits per heavy atom. The minimum absolute atomic E-state index is 0.0401. The van der Waals surface area contributed by atoms with Crippen molar-refractivity contribution in [1.29, 1.82) is 0 Å². The number of anilines is 1. The molecule has 1 rings (SSSR count). The molecule has 0 saturated heterocycles. The second-order valence-corrected chi connectivity index (χ2v) is 7.65. The lowest BCUT2D eigenvalue weighted by molar-refractivity contribution is -0.136. The molecule has 1 N–H and O–H groups in total. The summed E-state index contributed by atoms with van der Waals surface area (Å²) in [7, 11) is 0. The molecule has 4 nitrogen and oxygen atoms in total. The largest absolute Gasteiger partial charge is 0.481 e. The van der Waals surface area contributed by atoms with Gasteiger partial charge in [0, 0.05) is 17.6 Å². The molecule has 0 fully saturated rings. The zero-order valence-corrected chi connectivity index (χ0v) is 14.4. The average molecular weight is 305 g/mol. The number of aliphatic carboxylic acids is 1. The minimum Gasteiger partial charge on any atom is -0.481 e. The van der Waals surface area contributed by atoms with Crippen LogP contribution in [0.2, 0.25) is 0 Å². The molecular weight excluding hydrogens is 278 g/mol. The first-order chi connectivity index (χ1) is 9.93. The first-order valence-corrected chi connectivity index (χ1v) is 7.57. The van der Waals surface area contributed by atoms with Gasteiger partial charge in [-0.3, -0.25) is 9.59 Å². The van der Waals surface area contributed by atoms with Gasteiger partial charge in [-0.1, -0.05) is 53.7 Å². The topological polar surface area (TPSA) is 57.6 Å². The molecular formula is C18H27NO3. The van der Waals surface area contributed by atoms with Gasteiger partial charge in [-0.2, -0.15) is 0 Å². The zero-order chi connectivity index (χ0) is 17.1. The van der Waals surface area contributed by atoms with Crippen LogP contribution in [0.15, 0.2) is 24.3 Å². The second kappa shape index (κ2) is 6.51. The van der Waals surface area contributed by atoms with Crippen molar-refractivity contribution in [2.75, 3.05) is 11.4 Å². The number of rotatable bonds is 4. The number of benzene rings is 1. The van der Waals surface area contributed by atoms with Gasteiger partial charge in [-0.25, -0.2) is 0 Å². The second-order valence-electron chi connectivity index (χ2n) is 7.65. The number of carboxylic acid groups (broad SMARTS) is 1. The van der Waals surface area contributed by atoms with Crippen molar-refractivity contribution in [2.24, 2.45) is 5.41 Å². The molecule has 0 aromatic heterocycles. The SMILES string of the molecule is CC(C)(C)C(=O)N(CCC(=O)O)c1ccc(C(C)(C)C)cc1. The number of hydrogen-bond donors (Lipinski definition) is 1. The van der Waals surface area contributed by atoms with Gasteiger partial charge >= 0.3 is 5.97 Å². The smallest absolute Gasteiger partial charge is 0.305 e. The van der Waals surface area contributed by atoms with Crippen molar-refractivity contribution in [3.05, 3.63) is 29.8 Å². The van der Waals surface area contributed by atoms with E-state index in [2.05, 4.69) is 20.8 Å². The summed E-state index contributed by atoms with van der Waals surface area (Å²) in [5.41, 5.74) is 1.41. The molecule has 0 unspecified atom stereocenters. The Balaban J connectivity index is 3.10. The van der Waals surface area contributed by atoms with E-state index < -0.39 is 11.4 Å². The molecule has 0 saturated carbocycles. The third-order valence-corrected chi connectivity index (χ3v) is 3.48. The summed E-state index contributed by atoms with van der Waals surface area (Å²) in [6.07, 6.45) is -0.0666. The van der Waals surface area contributed by atoms with E-state index in [0.29, 0.717) is 0 Å². The molecule has 122 valence electrons. The molecule has 1 amide bonds. The molecule has 0 bridgehead atoms. The number of carbonyl (C=O) groups is 2. The van der Waals surface area contributed by atoms with Crippen LogP contribution in [-0.4, -0.2) is 23.5 Å². The van der Waals surface area contributed by atoms with Crippen LogP contribution in [0.25, 0.3) is 0 Å². The van der Waals surface area contributed by atoms with Gasteiger partial charge in [-0.15, -0.1) is 0 Å². The molecule has 0 spiro atoms. The van der Waals surface area contributed by atoms with Crippen LogP contribution in [0.4, 0.5) is 5.69 Å².